The minimum atomic E-state index is -0.518. The molecule has 0 spiro atoms. The summed E-state index contributed by atoms with van der Waals surface area (Å²) in [5, 5.41) is 0. The van der Waals surface area contributed by atoms with E-state index in [1.54, 1.807) is 39.3 Å². The van der Waals surface area contributed by atoms with Crippen molar-refractivity contribution in [2.45, 2.75) is 19.4 Å². The van der Waals surface area contributed by atoms with Crippen molar-refractivity contribution in [2.75, 3.05) is 20.8 Å². The van der Waals surface area contributed by atoms with Gasteiger partial charge < -0.3 is 19.9 Å². The number of nitrogens with two attached hydrogens (primary N) is 1. The number of methoxy groups -OCH3 is 2. The lowest BCUT2D eigenvalue weighted by Crippen LogP contribution is -2.18. The molecule has 0 amide bonds. The molecule has 0 aliphatic rings. The molecule has 0 saturated carbocycles. The summed E-state index contributed by atoms with van der Waals surface area (Å²) in [7, 11) is 3.10. The summed E-state index contributed by atoms with van der Waals surface area (Å²) in [5.41, 5.74) is 6.69. The molecule has 6 heteroatoms. The second-order valence-electron chi connectivity index (χ2n) is 3.69. The van der Waals surface area contributed by atoms with Crippen molar-refractivity contribution in [1.82, 2.24) is 0 Å². The van der Waals surface area contributed by atoms with E-state index in [1.165, 1.54) is 0 Å². The van der Waals surface area contributed by atoms with Crippen molar-refractivity contribution in [1.29, 1.82) is 0 Å². The van der Waals surface area contributed by atoms with Crippen LogP contribution in [0.4, 0.5) is 0 Å². The van der Waals surface area contributed by atoms with Crippen molar-refractivity contribution < 1.29 is 19.0 Å². The first-order valence-corrected chi connectivity index (χ1v) is 5.76. The fourth-order valence-corrected chi connectivity index (χ4v) is 1.75. The molecule has 0 aromatic heterocycles. The molecule has 1 aromatic carbocycles. The van der Waals surface area contributed by atoms with Gasteiger partial charge in [0.15, 0.2) is 0 Å². The number of carbonyl (C=O) groups excluding carboxylic acids is 1. The third-order valence-corrected chi connectivity index (χ3v) is 2.53. The van der Waals surface area contributed by atoms with Gasteiger partial charge in [-0.1, -0.05) is 6.07 Å². The highest BCUT2D eigenvalue weighted by molar-refractivity contribution is 5.85. The van der Waals surface area contributed by atoms with Crippen LogP contribution in [0.1, 0.15) is 24.9 Å². The maximum Gasteiger partial charge on any atom is 0.307 e. The Balaban J connectivity index is 0.00000324. The predicted molar refractivity (Wildman–Crippen MR) is 75.0 cm³/mol. The zero-order chi connectivity index (χ0) is 13.5. The number of halogens is 1. The van der Waals surface area contributed by atoms with Crippen LogP contribution in [0, 0.1) is 0 Å². The Morgan fingerprint density at radius 3 is 2.21 bits per heavy atom. The Bertz CT molecular complexity index is 389. The molecular formula is C13H20ClNO4. The van der Waals surface area contributed by atoms with Gasteiger partial charge in [0, 0.05) is 6.04 Å². The summed E-state index contributed by atoms with van der Waals surface area (Å²) in [6.45, 7) is 2.10. The van der Waals surface area contributed by atoms with E-state index < -0.39 is 6.04 Å². The highest BCUT2D eigenvalue weighted by atomic mass is 35.5. The third kappa shape index (κ3) is 4.61. The number of benzene rings is 1. The molecule has 2 N–H and O–H groups in total. The van der Waals surface area contributed by atoms with E-state index in [2.05, 4.69) is 0 Å². The van der Waals surface area contributed by atoms with Gasteiger partial charge in [0.05, 0.1) is 32.8 Å². The second kappa shape index (κ2) is 8.61. The van der Waals surface area contributed by atoms with Crippen LogP contribution in [0.15, 0.2) is 18.2 Å². The summed E-state index contributed by atoms with van der Waals surface area (Å²) in [6, 6.07) is 4.85. The van der Waals surface area contributed by atoms with Crippen LogP contribution >= 0.6 is 12.4 Å². The van der Waals surface area contributed by atoms with Crippen LogP contribution in [0.3, 0.4) is 0 Å². The largest absolute Gasteiger partial charge is 0.496 e. The van der Waals surface area contributed by atoms with Crippen LogP contribution in [0.2, 0.25) is 0 Å². The highest BCUT2D eigenvalue weighted by Crippen LogP contribution is 2.34. The van der Waals surface area contributed by atoms with Gasteiger partial charge in [-0.25, -0.2) is 0 Å². The fraction of sp³-hybridized carbons (Fsp3) is 0.462. The van der Waals surface area contributed by atoms with Gasteiger partial charge in [-0.2, -0.15) is 0 Å². The smallest absolute Gasteiger partial charge is 0.307 e. The zero-order valence-electron chi connectivity index (χ0n) is 11.3. The third-order valence-electron chi connectivity index (χ3n) is 2.53. The molecule has 0 aliphatic carbocycles. The maximum absolute atomic E-state index is 11.4. The van der Waals surface area contributed by atoms with Gasteiger partial charge in [-0.05, 0) is 19.1 Å². The first-order chi connectivity index (χ1) is 8.63. The Labute approximate surface area is 119 Å². The van der Waals surface area contributed by atoms with Crippen molar-refractivity contribution in [3.05, 3.63) is 23.8 Å². The fourth-order valence-electron chi connectivity index (χ4n) is 1.75. The summed E-state index contributed by atoms with van der Waals surface area (Å²) in [4.78, 5) is 11.4. The van der Waals surface area contributed by atoms with Gasteiger partial charge >= 0.3 is 5.97 Å². The van der Waals surface area contributed by atoms with Crippen molar-refractivity contribution in [3.8, 4) is 11.5 Å². The molecule has 0 aliphatic heterocycles. The highest BCUT2D eigenvalue weighted by Gasteiger charge is 2.20. The monoisotopic (exact) mass is 289 g/mol. The van der Waals surface area contributed by atoms with Crippen LogP contribution in [-0.2, 0) is 9.53 Å². The number of carbonyl (C=O) groups is 1. The van der Waals surface area contributed by atoms with E-state index in [9.17, 15) is 4.79 Å². The number of esters is 1. The van der Waals surface area contributed by atoms with Gasteiger partial charge in [0.1, 0.15) is 11.5 Å². The van der Waals surface area contributed by atoms with E-state index in [1.807, 2.05) is 0 Å². The van der Waals surface area contributed by atoms with Crippen LogP contribution in [0.25, 0.3) is 0 Å². The van der Waals surface area contributed by atoms with Gasteiger partial charge in [0.25, 0.3) is 0 Å². The Kier molecular flexibility index (Phi) is 7.95. The molecule has 5 nitrogen and oxygen atoms in total. The summed E-state index contributed by atoms with van der Waals surface area (Å²) in [5.74, 6) is 0.871. The van der Waals surface area contributed by atoms with E-state index in [0.717, 1.165) is 0 Å². The average molecular weight is 290 g/mol. The van der Waals surface area contributed by atoms with E-state index in [-0.39, 0.29) is 24.8 Å². The lowest BCUT2D eigenvalue weighted by molar-refractivity contribution is -0.143. The molecule has 0 heterocycles. The van der Waals surface area contributed by atoms with E-state index in [0.29, 0.717) is 23.7 Å². The summed E-state index contributed by atoms with van der Waals surface area (Å²) in [6.07, 6.45) is 0.0879. The molecule has 0 saturated heterocycles. The van der Waals surface area contributed by atoms with Crippen LogP contribution < -0.4 is 15.2 Å². The number of hydrogen-bond donors (Lipinski definition) is 1. The van der Waals surface area contributed by atoms with Crippen molar-refractivity contribution in [2.24, 2.45) is 5.73 Å². The molecule has 108 valence electrons. The number of hydrogen-bond acceptors (Lipinski definition) is 5. The van der Waals surface area contributed by atoms with E-state index in [4.69, 9.17) is 19.9 Å². The summed E-state index contributed by atoms with van der Waals surface area (Å²) >= 11 is 0. The minimum Gasteiger partial charge on any atom is -0.496 e. The summed E-state index contributed by atoms with van der Waals surface area (Å²) < 4.78 is 15.4. The van der Waals surface area contributed by atoms with Crippen molar-refractivity contribution in [3.63, 3.8) is 0 Å². The quantitative estimate of drug-likeness (QED) is 0.812. The molecule has 19 heavy (non-hydrogen) atoms. The van der Waals surface area contributed by atoms with Crippen LogP contribution in [-0.4, -0.2) is 26.8 Å². The van der Waals surface area contributed by atoms with Gasteiger partial charge in [-0.15, -0.1) is 12.4 Å². The normalized spacial score (nSPS) is 11.2. The van der Waals surface area contributed by atoms with Gasteiger partial charge in [-0.3, -0.25) is 4.79 Å². The standard InChI is InChI=1S/C13H19NO4.ClH/c1-4-18-12(15)8-9(14)13-10(16-2)6-5-7-11(13)17-3;/h5-7,9H,4,8,14H2,1-3H3;1H/t9-;/m0./s1. The average Bonchev–Trinajstić information content (AvgIpc) is 2.37. The SMILES string of the molecule is CCOC(=O)C[C@H](N)c1c(OC)cccc1OC.Cl. The lowest BCUT2D eigenvalue weighted by atomic mass is 10.0. The first-order valence-electron chi connectivity index (χ1n) is 5.76. The maximum atomic E-state index is 11.4. The van der Waals surface area contributed by atoms with Crippen LogP contribution in [0.5, 0.6) is 11.5 Å². The Hall–Kier alpha value is -1.46. The van der Waals surface area contributed by atoms with Gasteiger partial charge in [0.2, 0.25) is 0 Å². The molecule has 1 aromatic rings. The number of ether oxygens (including phenoxy) is 3. The zero-order valence-corrected chi connectivity index (χ0v) is 12.2. The first kappa shape index (κ1) is 17.5. The van der Waals surface area contributed by atoms with Crippen molar-refractivity contribution >= 4 is 18.4 Å². The molecule has 0 fully saturated rings. The topological polar surface area (TPSA) is 70.8 Å². The Morgan fingerprint density at radius 2 is 1.79 bits per heavy atom. The molecule has 1 atom stereocenters. The molecule has 0 radical (unpaired) electrons. The Morgan fingerprint density at radius 1 is 1.26 bits per heavy atom. The van der Waals surface area contributed by atoms with E-state index >= 15 is 0 Å². The second-order valence-corrected chi connectivity index (χ2v) is 3.69. The predicted octanol–water partition coefficient (Wildman–Crippen LogP) is 2.08. The molecule has 1 rings (SSSR count). The molecule has 0 bridgehead atoms. The number of rotatable bonds is 6. The lowest BCUT2D eigenvalue weighted by Gasteiger charge is -2.18. The molecular weight excluding hydrogens is 270 g/mol. The minimum absolute atomic E-state index is 0. The molecule has 0 unspecified atom stereocenters.